The van der Waals surface area contributed by atoms with E-state index in [-0.39, 0.29) is 0 Å². The number of oxazole rings is 1. The van der Waals surface area contributed by atoms with Crippen molar-refractivity contribution in [3.8, 4) is 39.8 Å². The number of rotatable bonds is 5. The average Bonchev–Trinajstić information content (AvgIpc) is 3.90. The molecule has 208 valence electrons. The van der Waals surface area contributed by atoms with Crippen LogP contribution in [0.2, 0.25) is 0 Å². The second-order valence-corrected chi connectivity index (χ2v) is 10.6. The number of benzene rings is 4. The predicted molar refractivity (Wildman–Crippen MR) is 171 cm³/mol. The van der Waals surface area contributed by atoms with Gasteiger partial charge in [-0.2, -0.15) is 10.2 Å². The van der Waals surface area contributed by atoms with Gasteiger partial charge in [0.2, 0.25) is 5.89 Å². The van der Waals surface area contributed by atoms with Crippen LogP contribution in [0.4, 0.5) is 0 Å². The van der Waals surface area contributed by atoms with Gasteiger partial charge in [-0.15, -0.1) is 0 Å². The van der Waals surface area contributed by atoms with E-state index in [2.05, 4.69) is 75.4 Å². The Bertz CT molecular complexity index is 2400. The first-order valence-electron chi connectivity index (χ1n) is 14.3. The molecule has 0 unspecified atom stereocenters. The van der Waals surface area contributed by atoms with Crippen molar-refractivity contribution >= 4 is 32.9 Å². The molecule has 5 aromatic heterocycles. The molecular weight excluding hydrogens is 546 g/mol. The Labute approximate surface area is 251 Å². The summed E-state index contributed by atoms with van der Waals surface area (Å²) in [4.78, 5) is 9.58. The Morgan fingerprint density at radius 3 is 2.20 bits per heavy atom. The smallest absolute Gasteiger partial charge is 0.227 e. The third-order valence-corrected chi connectivity index (χ3v) is 7.99. The maximum absolute atomic E-state index is 6.17. The van der Waals surface area contributed by atoms with Gasteiger partial charge in [0.25, 0.3) is 0 Å². The molecule has 8 heteroatoms. The van der Waals surface area contributed by atoms with E-state index in [1.807, 2.05) is 71.8 Å². The molecule has 0 aliphatic heterocycles. The average molecular weight is 570 g/mol. The third kappa shape index (κ3) is 3.85. The minimum absolute atomic E-state index is 0.590. The number of hydrogen-bond acceptors (Lipinski definition) is 5. The molecule has 0 fully saturated rings. The molecule has 44 heavy (non-hydrogen) atoms. The van der Waals surface area contributed by atoms with Gasteiger partial charge in [-0.3, -0.25) is 4.98 Å². The Kier molecular flexibility index (Phi) is 5.33. The molecule has 9 aromatic rings. The maximum atomic E-state index is 6.17. The van der Waals surface area contributed by atoms with E-state index in [1.54, 1.807) is 17.1 Å². The number of hydrogen-bond donors (Lipinski definition) is 0. The zero-order valence-corrected chi connectivity index (χ0v) is 23.3. The molecule has 0 saturated carbocycles. The number of nitrogens with zero attached hydrogens (tertiary/aromatic N) is 7. The highest BCUT2D eigenvalue weighted by atomic mass is 16.3. The topological polar surface area (TPSA) is 79.5 Å². The fourth-order valence-corrected chi connectivity index (χ4v) is 5.94. The van der Waals surface area contributed by atoms with E-state index >= 15 is 0 Å². The summed E-state index contributed by atoms with van der Waals surface area (Å²) in [6.07, 6.45) is 9.27. The summed E-state index contributed by atoms with van der Waals surface area (Å²) in [5.74, 6) is 0.590. The maximum Gasteiger partial charge on any atom is 0.227 e. The van der Waals surface area contributed by atoms with E-state index in [0.29, 0.717) is 5.89 Å². The lowest BCUT2D eigenvalue weighted by molar-refractivity contribution is 0.620. The zero-order chi connectivity index (χ0) is 29.0. The Balaban J connectivity index is 1.28. The van der Waals surface area contributed by atoms with E-state index < -0.39 is 0 Å². The standard InChI is InChI=1S/C36H23N7O/c1-3-9-31-27(7-1)28-14-11-25(36-40-30-8-2-4-10-35(30)44-36)22-33(28)43(31)34-21-24(12-16-32(34)42-20-6-18-39-42)29-15-13-26(23-37-29)41-19-5-17-38-41/h1-23H. The van der Waals surface area contributed by atoms with Crippen LogP contribution < -0.4 is 0 Å². The molecule has 0 spiro atoms. The van der Waals surface area contributed by atoms with Crippen LogP contribution in [0.5, 0.6) is 0 Å². The van der Waals surface area contributed by atoms with Crippen molar-refractivity contribution in [2.24, 2.45) is 0 Å². The fraction of sp³-hybridized carbons (Fsp3) is 0. The van der Waals surface area contributed by atoms with Gasteiger partial charge in [0.15, 0.2) is 5.58 Å². The van der Waals surface area contributed by atoms with Crippen LogP contribution in [0, 0.1) is 0 Å². The summed E-state index contributed by atoms with van der Waals surface area (Å²) in [6.45, 7) is 0. The summed E-state index contributed by atoms with van der Waals surface area (Å²) in [5, 5.41) is 11.2. The molecule has 0 N–H and O–H groups in total. The van der Waals surface area contributed by atoms with Crippen LogP contribution in [-0.2, 0) is 0 Å². The largest absolute Gasteiger partial charge is 0.436 e. The molecule has 5 heterocycles. The van der Waals surface area contributed by atoms with Crippen molar-refractivity contribution in [2.75, 3.05) is 0 Å². The highest BCUT2D eigenvalue weighted by molar-refractivity contribution is 6.10. The zero-order valence-electron chi connectivity index (χ0n) is 23.3. The summed E-state index contributed by atoms with van der Waals surface area (Å²) in [5.41, 5.74) is 9.32. The van der Waals surface area contributed by atoms with Crippen molar-refractivity contribution in [3.63, 3.8) is 0 Å². The minimum Gasteiger partial charge on any atom is -0.436 e. The fourth-order valence-electron chi connectivity index (χ4n) is 5.94. The first-order chi connectivity index (χ1) is 21.8. The third-order valence-electron chi connectivity index (χ3n) is 7.99. The molecule has 0 bridgehead atoms. The van der Waals surface area contributed by atoms with Crippen molar-refractivity contribution in [1.29, 1.82) is 0 Å². The Hall–Kier alpha value is -6.28. The van der Waals surface area contributed by atoms with Crippen LogP contribution in [0.15, 0.2) is 145 Å². The van der Waals surface area contributed by atoms with Crippen molar-refractivity contribution in [3.05, 3.63) is 140 Å². The lowest BCUT2D eigenvalue weighted by Crippen LogP contribution is -2.04. The lowest BCUT2D eigenvalue weighted by atomic mass is 10.1. The van der Waals surface area contributed by atoms with E-state index in [9.17, 15) is 0 Å². The lowest BCUT2D eigenvalue weighted by Gasteiger charge is -2.16. The van der Waals surface area contributed by atoms with Gasteiger partial charge in [-0.05, 0) is 66.7 Å². The number of aromatic nitrogens is 7. The minimum atomic E-state index is 0.590. The van der Waals surface area contributed by atoms with Gasteiger partial charge in [-0.1, -0.05) is 42.5 Å². The Morgan fingerprint density at radius 2 is 1.39 bits per heavy atom. The van der Waals surface area contributed by atoms with Gasteiger partial charge in [-0.25, -0.2) is 14.3 Å². The summed E-state index contributed by atoms with van der Waals surface area (Å²) in [7, 11) is 0. The van der Waals surface area contributed by atoms with Gasteiger partial charge < -0.3 is 8.98 Å². The van der Waals surface area contributed by atoms with Crippen LogP contribution in [-0.4, -0.2) is 34.1 Å². The summed E-state index contributed by atoms with van der Waals surface area (Å²) in [6, 6.07) is 37.0. The molecule has 0 aliphatic carbocycles. The molecule has 0 atom stereocenters. The monoisotopic (exact) mass is 569 g/mol. The molecule has 0 radical (unpaired) electrons. The molecule has 4 aromatic carbocycles. The van der Waals surface area contributed by atoms with Crippen LogP contribution in [0.1, 0.15) is 0 Å². The predicted octanol–water partition coefficient (Wildman–Crippen LogP) is 8.03. The molecule has 9 rings (SSSR count). The molecule has 0 amide bonds. The number of pyridine rings is 1. The number of fused-ring (bicyclic) bond motifs is 4. The highest BCUT2D eigenvalue weighted by Crippen LogP contribution is 2.38. The second-order valence-electron chi connectivity index (χ2n) is 10.6. The van der Waals surface area contributed by atoms with Crippen molar-refractivity contribution < 1.29 is 4.42 Å². The molecule has 0 saturated heterocycles. The first kappa shape index (κ1) is 24.3. The SMILES string of the molecule is c1ccc2oc(-c3ccc4c5ccccc5n(-c5cc(-c6ccc(-n7cccn7)cn6)ccc5-n5cccn5)c4c3)nc2c1. The van der Waals surface area contributed by atoms with Gasteiger partial charge in [0, 0.05) is 46.7 Å². The van der Waals surface area contributed by atoms with Crippen LogP contribution in [0.3, 0.4) is 0 Å². The summed E-state index contributed by atoms with van der Waals surface area (Å²) < 4.78 is 12.2. The first-order valence-corrected chi connectivity index (χ1v) is 14.3. The molecule has 0 aliphatic rings. The molecule has 8 nitrogen and oxygen atoms in total. The highest BCUT2D eigenvalue weighted by Gasteiger charge is 2.19. The normalized spacial score (nSPS) is 11.6. The van der Waals surface area contributed by atoms with Gasteiger partial charge >= 0.3 is 0 Å². The van der Waals surface area contributed by atoms with E-state index in [4.69, 9.17) is 14.4 Å². The molecular formula is C36H23N7O. The van der Waals surface area contributed by atoms with E-state index in [1.165, 1.54) is 0 Å². The van der Waals surface area contributed by atoms with Crippen molar-refractivity contribution in [2.45, 2.75) is 0 Å². The van der Waals surface area contributed by atoms with Crippen molar-refractivity contribution in [1.82, 2.24) is 34.1 Å². The van der Waals surface area contributed by atoms with Crippen LogP contribution in [0.25, 0.3) is 72.7 Å². The summed E-state index contributed by atoms with van der Waals surface area (Å²) >= 11 is 0. The van der Waals surface area contributed by atoms with E-state index in [0.717, 1.165) is 66.8 Å². The van der Waals surface area contributed by atoms with Gasteiger partial charge in [0.05, 0.1) is 40.0 Å². The Morgan fingerprint density at radius 1 is 0.591 bits per heavy atom. The number of para-hydroxylation sites is 3. The quantitative estimate of drug-likeness (QED) is 0.210. The second kappa shape index (κ2) is 9.64. The van der Waals surface area contributed by atoms with Gasteiger partial charge in [0.1, 0.15) is 5.52 Å². The van der Waals surface area contributed by atoms with Crippen LogP contribution >= 0.6 is 0 Å².